The van der Waals surface area contributed by atoms with Gasteiger partial charge >= 0.3 is 0 Å². The molecule has 0 bridgehead atoms. The molecule has 0 unspecified atom stereocenters. The summed E-state index contributed by atoms with van der Waals surface area (Å²) in [7, 11) is 0. The summed E-state index contributed by atoms with van der Waals surface area (Å²) in [6.07, 6.45) is 3.74. The van der Waals surface area contributed by atoms with Gasteiger partial charge in [0.25, 0.3) is 0 Å². The maximum absolute atomic E-state index is 9.05. The van der Waals surface area contributed by atoms with Crippen molar-refractivity contribution in [3.63, 3.8) is 0 Å². The van der Waals surface area contributed by atoms with Crippen LogP contribution in [0, 0.1) is 0 Å². The molecule has 1 rings (SSSR count). The molecule has 1 fully saturated rings. The summed E-state index contributed by atoms with van der Waals surface area (Å²) in [5, 5.41) is 9.05. The van der Waals surface area contributed by atoms with Gasteiger partial charge in [-0.1, -0.05) is 0 Å². The molecular weight excluding hydrogens is 116 g/mol. The molecule has 0 aromatic heterocycles. The highest BCUT2D eigenvalue weighted by Crippen LogP contribution is 2.17. The van der Waals surface area contributed by atoms with E-state index in [0.717, 1.165) is 25.7 Å². The lowest BCUT2D eigenvalue weighted by atomic mass is 9.94. The van der Waals surface area contributed by atoms with E-state index in [-0.39, 0.29) is 6.10 Å². The number of nitrogens with two attached hydrogens (primary N) is 1. The van der Waals surface area contributed by atoms with Gasteiger partial charge < -0.3 is 5.11 Å². The first-order valence-corrected chi connectivity index (χ1v) is 3.47. The number of hydrogen-bond donors (Lipinski definition) is 3. The third-order valence-corrected chi connectivity index (χ3v) is 1.93. The van der Waals surface area contributed by atoms with Crippen molar-refractivity contribution in [2.75, 3.05) is 0 Å². The molecule has 3 heteroatoms. The largest absolute Gasteiger partial charge is 0.393 e. The Morgan fingerprint density at radius 1 is 1.22 bits per heavy atom. The quantitative estimate of drug-likeness (QED) is 0.339. The second-order valence-electron chi connectivity index (χ2n) is 2.67. The molecule has 0 heterocycles. The van der Waals surface area contributed by atoms with Crippen LogP contribution in [0.3, 0.4) is 0 Å². The Labute approximate surface area is 55.2 Å². The molecule has 0 atom stereocenters. The maximum Gasteiger partial charge on any atom is 0.0541 e. The Morgan fingerprint density at radius 2 is 1.78 bits per heavy atom. The van der Waals surface area contributed by atoms with Crippen molar-refractivity contribution < 1.29 is 5.11 Å². The first kappa shape index (κ1) is 6.99. The van der Waals surface area contributed by atoms with Crippen LogP contribution in [0.2, 0.25) is 0 Å². The molecule has 1 aliphatic rings. The van der Waals surface area contributed by atoms with Crippen molar-refractivity contribution >= 4 is 0 Å². The summed E-state index contributed by atoms with van der Waals surface area (Å²) < 4.78 is 0. The van der Waals surface area contributed by atoms with Crippen molar-refractivity contribution in [1.29, 1.82) is 0 Å². The Kier molecular flexibility index (Phi) is 2.45. The van der Waals surface area contributed by atoms with Gasteiger partial charge in [-0.2, -0.15) is 0 Å². The van der Waals surface area contributed by atoms with E-state index in [9.17, 15) is 0 Å². The maximum atomic E-state index is 9.05. The lowest BCUT2D eigenvalue weighted by molar-refractivity contribution is 0.117. The van der Waals surface area contributed by atoms with Gasteiger partial charge in [-0.15, -0.1) is 0 Å². The first-order chi connectivity index (χ1) is 4.33. The van der Waals surface area contributed by atoms with Gasteiger partial charge in [0.1, 0.15) is 0 Å². The van der Waals surface area contributed by atoms with Crippen LogP contribution in [0.25, 0.3) is 0 Å². The zero-order valence-electron chi connectivity index (χ0n) is 5.51. The molecular formula is C6H14N2O. The summed E-state index contributed by atoms with van der Waals surface area (Å²) in [6.45, 7) is 0. The predicted molar refractivity (Wildman–Crippen MR) is 35.6 cm³/mol. The van der Waals surface area contributed by atoms with Crippen LogP contribution in [0.1, 0.15) is 25.7 Å². The minimum atomic E-state index is -0.0744. The van der Waals surface area contributed by atoms with Crippen molar-refractivity contribution in [1.82, 2.24) is 5.43 Å². The minimum Gasteiger partial charge on any atom is -0.393 e. The van der Waals surface area contributed by atoms with Crippen molar-refractivity contribution in [3.8, 4) is 0 Å². The van der Waals surface area contributed by atoms with Gasteiger partial charge in [-0.3, -0.25) is 11.3 Å². The van der Waals surface area contributed by atoms with Crippen LogP contribution in [0.5, 0.6) is 0 Å². The highest BCUT2D eigenvalue weighted by atomic mass is 16.3. The molecule has 0 saturated heterocycles. The first-order valence-electron chi connectivity index (χ1n) is 3.47. The van der Waals surface area contributed by atoms with E-state index in [2.05, 4.69) is 5.43 Å². The lowest BCUT2D eigenvalue weighted by Gasteiger charge is -2.24. The zero-order valence-corrected chi connectivity index (χ0v) is 5.51. The van der Waals surface area contributed by atoms with Gasteiger partial charge in [0.05, 0.1) is 6.10 Å². The number of hydrazine groups is 1. The average Bonchev–Trinajstić information content (AvgIpc) is 1.90. The summed E-state index contributed by atoms with van der Waals surface area (Å²) in [5.74, 6) is 5.22. The van der Waals surface area contributed by atoms with E-state index in [1.54, 1.807) is 0 Å². The second-order valence-corrected chi connectivity index (χ2v) is 2.67. The zero-order chi connectivity index (χ0) is 6.69. The Balaban J connectivity index is 2.18. The highest BCUT2D eigenvalue weighted by molar-refractivity contribution is 4.74. The molecule has 0 spiro atoms. The molecule has 54 valence electrons. The highest BCUT2D eigenvalue weighted by Gasteiger charge is 2.17. The normalized spacial score (nSPS) is 36.7. The minimum absolute atomic E-state index is 0.0744. The third kappa shape index (κ3) is 1.93. The standard InChI is InChI=1S/C6H14N2O/c7-8-5-1-3-6(9)4-2-5/h5-6,8-9H,1-4,7H2. The number of nitrogens with one attached hydrogen (secondary N) is 1. The lowest BCUT2D eigenvalue weighted by Crippen LogP contribution is -2.38. The number of hydrogen-bond acceptors (Lipinski definition) is 3. The van der Waals surface area contributed by atoms with Crippen molar-refractivity contribution in [2.45, 2.75) is 37.8 Å². The molecule has 9 heavy (non-hydrogen) atoms. The molecule has 0 amide bonds. The Bertz CT molecular complexity index is 79.1. The molecule has 0 radical (unpaired) electrons. The predicted octanol–water partition coefficient (Wildman–Crippen LogP) is -0.247. The van der Waals surface area contributed by atoms with Gasteiger partial charge in [-0.05, 0) is 25.7 Å². The molecule has 4 N–H and O–H groups in total. The van der Waals surface area contributed by atoms with E-state index in [4.69, 9.17) is 10.9 Å². The molecule has 1 saturated carbocycles. The van der Waals surface area contributed by atoms with Crippen molar-refractivity contribution in [2.24, 2.45) is 5.84 Å². The summed E-state index contributed by atoms with van der Waals surface area (Å²) in [6, 6.07) is 0.438. The topological polar surface area (TPSA) is 58.3 Å². The van der Waals surface area contributed by atoms with Crippen LogP contribution >= 0.6 is 0 Å². The van der Waals surface area contributed by atoms with Crippen LogP contribution in [0.15, 0.2) is 0 Å². The van der Waals surface area contributed by atoms with Crippen LogP contribution in [-0.2, 0) is 0 Å². The molecule has 0 aromatic rings. The van der Waals surface area contributed by atoms with E-state index >= 15 is 0 Å². The fourth-order valence-electron chi connectivity index (χ4n) is 1.24. The van der Waals surface area contributed by atoms with Crippen LogP contribution in [0.4, 0.5) is 0 Å². The monoisotopic (exact) mass is 130 g/mol. The van der Waals surface area contributed by atoms with E-state index < -0.39 is 0 Å². The summed E-state index contributed by atoms with van der Waals surface area (Å²) in [5.41, 5.74) is 2.71. The van der Waals surface area contributed by atoms with Gasteiger partial charge in [0, 0.05) is 6.04 Å². The SMILES string of the molecule is NNC1CCC(O)CC1. The van der Waals surface area contributed by atoms with E-state index in [1.165, 1.54) is 0 Å². The van der Waals surface area contributed by atoms with Gasteiger partial charge in [-0.25, -0.2) is 0 Å². The van der Waals surface area contributed by atoms with Gasteiger partial charge in [0.2, 0.25) is 0 Å². The Morgan fingerprint density at radius 3 is 2.22 bits per heavy atom. The van der Waals surface area contributed by atoms with E-state index in [1.807, 2.05) is 0 Å². The molecule has 0 aliphatic heterocycles. The van der Waals surface area contributed by atoms with E-state index in [0.29, 0.717) is 6.04 Å². The smallest absolute Gasteiger partial charge is 0.0541 e. The third-order valence-electron chi connectivity index (χ3n) is 1.93. The molecule has 1 aliphatic carbocycles. The van der Waals surface area contributed by atoms with Crippen molar-refractivity contribution in [3.05, 3.63) is 0 Å². The average molecular weight is 130 g/mol. The fraction of sp³-hybridized carbons (Fsp3) is 1.00. The molecule has 0 aromatic carbocycles. The number of aliphatic hydroxyl groups excluding tert-OH is 1. The number of rotatable bonds is 1. The summed E-state index contributed by atoms with van der Waals surface area (Å²) >= 11 is 0. The van der Waals surface area contributed by atoms with Gasteiger partial charge in [0.15, 0.2) is 0 Å². The summed E-state index contributed by atoms with van der Waals surface area (Å²) in [4.78, 5) is 0. The second kappa shape index (κ2) is 3.15. The van der Waals surface area contributed by atoms with Crippen LogP contribution < -0.4 is 11.3 Å². The van der Waals surface area contributed by atoms with Crippen LogP contribution in [-0.4, -0.2) is 17.3 Å². The fourth-order valence-corrected chi connectivity index (χ4v) is 1.24. The Hall–Kier alpha value is -0.120. The number of aliphatic hydroxyl groups is 1. The molecule has 3 nitrogen and oxygen atoms in total.